The summed E-state index contributed by atoms with van der Waals surface area (Å²) in [6.45, 7) is 0. The Kier molecular flexibility index (Phi) is 2.63. The molecular formula is C10H4Cl2N2O. The van der Waals surface area contributed by atoms with Crippen LogP contribution in [0, 0.1) is 11.3 Å². The minimum Gasteiger partial charge on any atom is -0.428 e. The number of aromatic nitrogens is 1. The summed E-state index contributed by atoms with van der Waals surface area (Å²) in [5, 5.41) is 9.56. The van der Waals surface area contributed by atoms with Gasteiger partial charge in [-0.05, 0) is 18.2 Å². The van der Waals surface area contributed by atoms with Crippen molar-refractivity contribution in [1.82, 2.24) is 4.98 Å². The third kappa shape index (κ3) is 1.96. The predicted molar refractivity (Wildman–Crippen MR) is 56.7 cm³/mol. The molecule has 2 rings (SSSR count). The fourth-order valence-corrected chi connectivity index (χ4v) is 1.64. The van der Waals surface area contributed by atoms with Crippen LogP contribution >= 0.6 is 23.2 Å². The molecule has 0 amide bonds. The largest absolute Gasteiger partial charge is 0.428 e. The first-order valence-electron chi connectivity index (χ1n) is 4.02. The highest BCUT2D eigenvalue weighted by molar-refractivity contribution is 6.36. The second kappa shape index (κ2) is 3.93. The van der Waals surface area contributed by atoms with Crippen molar-refractivity contribution in [3.05, 3.63) is 40.3 Å². The topological polar surface area (TPSA) is 49.8 Å². The van der Waals surface area contributed by atoms with Gasteiger partial charge < -0.3 is 4.42 Å². The lowest BCUT2D eigenvalue weighted by molar-refractivity contribution is 0.555. The van der Waals surface area contributed by atoms with Gasteiger partial charge in [0, 0.05) is 10.6 Å². The molecule has 15 heavy (non-hydrogen) atoms. The van der Waals surface area contributed by atoms with Gasteiger partial charge in [0.2, 0.25) is 0 Å². The second-order valence-corrected chi connectivity index (χ2v) is 3.61. The van der Waals surface area contributed by atoms with Crippen LogP contribution in [0.5, 0.6) is 0 Å². The monoisotopic (exact) mass is 238 g/mol. The van der Waals surface area contributed by atoms with Gasteiger partial charge in [-0.3, -0.25) is 0 Å². The van der Waals surface area contributed by atoms with Crippen LogP contribution in [0.3, 0.4) is 0 Å². The van der Waals surface area contributed by atoms with Crippen LogP contribution in [0.15, 0.2) is 28.8 Å². The molecule has 0 fully saturated rings. The third-order valence-corrected chi connectivity index (χ3v) is 2.35. The van der Waals surface area contributed by atoms with E-state index in [4.69, 9.17) is 32.9 Å². The van der Waals surface area contributed by atoms with E-state index in [-0.39, 0.29) is 5.89 Å². The number of hydrogen-bond acceptors (Lipinski definition) is 3. The van der Waals surface area contributed by atoms with E-state index >= 15 is 0 Å². The molecule has 5 heteroatoms. The smallest absolute Gasteiger partial charge is 0.301 e. The van der Waals surface area contributed by atoms with E-state index in [1.165, 1.54) is 6.20 Å². The number of oxazole rings is 1. The van der Waals surface area contributed by atoms with Crippen molar-refractivity contribution >= 4 is 23.2 Å². The van der Waals surface area contributed by atoms with Crippen molar-refractivity contribution in [1.29, 1.82) is 5.26 Å². The van der Waals surface area contributed by atoms with Crippen molar-refractivity contribution in [3.8, 4) is 17.4 Å². The minimum absolute atomic E-state index is 0.0102. The molecule has 1 aromatic carbocycles. The van der Waals surface area contributed by atoms with E-state index in [1.54, 1.807) is 24.3 Å². The average Bonchev–Trinajstić information content (AvgIpc) is 2.66. The highest BCUT2D eigenvalue weighted by atomic mass is 35.5. The maximum absolute atomic E-state index is 8.55. The summed E-state index contributed by atoms with van der Waals surface area (Å²) in [6, 6.07) is 6.81. The van der Waals surface area contributed by atoms with Gasteiger partial charge in [0.25, 0.3) is 0 Å². The van der Waals surface area contributed by atoms with Crippen LogP contribution in [-0.2, 0) is 0 Å². The third-order valence-electron chi connectivity index (χ3n) is 1.80. The van der Waals surface area contributed by atoms with E-state index < -0.39 is 0 Å². The normalized spacial score (nSPS) is 9.93. The molecule has 0 aliphatic rings. The van der Waals surface area contributed by atoms with Crippen molar-refractivity contribution in [3.63, 3.8) is 0 Å². The van der Waals surface area contributed by atoms with Crippen LogP contribution in [0.25, 0.3) is 11.3 Å². The van der Waals surface area contributed by atoms with Gasteiger partial charge >= 0.3 is 5.89 Å². The number of rotatable bonds is 1. The molecule has 0 spiro atoms. The minimum atomic E-state index is 0.0102. The van der Waals surface area contributed by atoms with Crippen molar-refractivity contribution in [2.45, 2.75) is 0 Å². The molecule has 1 heterocycles. The van der Waals surface area contributed by atoms with Crippen LogP contribution in [-0.4, -0.2) is 4.98 Å². The zero-order chi connectivity index (χ0) is 10.8. The van der Waals surface area contributed by atoms with Gasteiger partial charge in [-0.25, -0.2) is 4.98 Å². The molecule has 0 saturated heterocycles. The van der Waals surface area contributed by atoms with Crippen LogP contribution in [0.2, 0.25) is 10.0 Å². The summed E-state index contributed by atoms with van der Waals surface area (Å²) in [5.41, 5.74) is 0.662. The van der Waals surface area contributed by atoms with E-state index in [0.717, 1.165) is 0 Å². The van der Waals surface area contributed by atoms with Gasteiger partial charge in [0.05, 0.1) is 11.2 Å². The van der Waals surface area contributed by atoms with Crippen molar-refractivity contribution in [2.75, 3.05) is 0 Å². The number of hydrogen-bond donors (Lipinski definition) is 0. The molecule has 0 saturated carbocycles. The van der Waals surface area contributed by atoms with Crippen molar-refractivity contribution < 1.29 is 4.42 Å². The van der Waals surface area contributed by atoms with Gasteiger partial charge in [-0.1, -0.05) is 23.2 Å². The molecule has 0 radical (unpaired) electrons. The lowest BCUT2D eigenvalue weighted by atomic mass is 10.2. The first-order chi connectivity index (χ1) is 7.20. The zero-order valence-corrected chi connectivity index (χ0v) is 8.88. The first-order valence-corrected chi connectivity index (χ1v) is 4.77. The maximum Gasteiger partial charge on any atom is 0.301 e. The second-order valence-electron chi connectivity index (χ2n) is 2.77. The lowest BCUT2D eigenvalue weighted by Crippen LogP contribution is -1.76. The highest BCUT2D eigenvalue weighted by Gasteiger charge is 2.09. The van der Waals surface area contributed by atoms with Gasteiger partial charge in [0.15, 0.2) is 11.8 Å². The SMILES string of the molecule is N#Cc1ncc(-c2ccc(Cl)cc2Cl)o1. The van der Waals surface area contributed by atoms with Gasteiger partial charge in [-0.15, -0.1) is 0 Å². The fraction of sp³-hybridized carbons (Fsp3) is 0. The summed E-state index contributed by atoms with van der Waals surface area (Å²) < 4.78 is 5.14. The molecular weight excluding hydrogens is 235 g/mol. The molecule has 0 aliphatic carbocycles. The summed E-state index contributed by atoms with van der Waals surface area (Å²) >= 11 is 11.7. The Morgan fingerprint density at radius 2 is 2.13 bits per heavy atom. The molecule has 0 atom stereocenters. The van der Waals surface area contributed by atoms with Crippen LogP contribution in [0.4, 0.5) is 0 Å². The molecule has 0 unspecified atom stereocenters. The highest BCUT2D eigenvalue weighted by Crippen LogP contribution is 2.30. The van der Waals surface area contributed by atoms with Gasteiger partial charge in [0.1, 0.15) is 0 Å². The Hall–Kier alpha value is -1.50. The van der Waals surface area contributed by atoms with Gasteiger partial charge in [-0.2, -0.15) is 5.26 Å². The standard InChI is InChI=1S/C10H4Cl2N2O/c11-6-1-2-7(8(12)3-6)9-5-14-10(4-13)15-9/h1-3,5H. The Morgan fingerprint density at radius 1 is 1.33 bits per heavy atom. The first kappa shape index (κ1) is 10.0. The number of nitrogens with zero attached hydrogens (tertiary/aromatic N) is 2. The quantitative estimate of drug-likeness (QED) is 0.764. The summed E-state index contributed by atoms with van der Waals surface area (Å²) in [6.07, 6.45) is 1.45. The summed E-state index contributed by atoms with van der Waals surface area (Å²) in [5.74, 6) is 0.462. The van der Waals surface area contributed by atoms with E-state index in [2.05, 4.69) is 4.98 Å². The fourth-order valence-electron chi connectivity index (χ4n) is 1.14. The molecule has 3 nitrogen and oxygen atoms in total. The molecule has 0 aliphatic heterocycles. The lowest BCUT2D eigenvalue weighted by Gasteiger charge is -1.99. The van der Waals surface area contributed by atoms with E-state index in [9.17, 15) is 0 Å². The van der Waals surface area contributed by atoms with E-state index in [0.29, 0.717) is 21.4 Å². The molecule has 1 aromatic heterocycles. The zero-order valence-electron chi connectivity index (χ0n) is 7.37. The maximum atomic E-state index is 8.55. The van der Waals surface area contributed by atoms with E-state index in [1.807, 2.05) is 0 Å². The number of benzene rings is 1. The Balaban J connectivity index is 2.50. The Morgan fingerprint density at radius 3 is 2.73 bits per heavy atom. The molecule has 74 valence electrons. The van der Waals surface area contributed by atoms with Crippen LogP contribution in [0.1, 0.15) is 5.89 Å². The van der Waals surface area contributed by atoms with Crippen molar-refractivity contribution in [2.24, 2.45) is 0 Å². The predicted octanol–water partition coefficient (Wildman–Crippen LogP) is 3.52. The number of nitriles is 1. The average molecular weight is 239 g/mol. The molecule has 0 N–H and O–H groups in total. The van der Waals surface area contributed by atoms with Crippen LogP contribution < -0.4 is 0 Å². The Bertz CT molecular complexity index is 543. The Labute approximate surface area is 95.9 Å². The molecule has 0 bridgehead atoms. The molecule has 2 aromatic rings. The summed E-state index contributed by atoms with van der Waals surface area (Å²) in [7, 11) is 0. The number of halogens is 2. The summed E-state index contributed by atoms with van der Waals surface area (Å²) in [4.78, 5) is 3.76.